The molecule has 2 heterocycles. The highest BCUT2D eigenvalue weighted by molar-refractivity contribution is 6.30. The second kappa shape index (κ2) is 4.61. The van der Waals surface area contributed by atoms with Crippen molar-refractivity contribution >= 4 is 23.2 Å². The molecule has 1 aromatic carbocycles. The van der Waals surface area contributed by atoms with Crippen LogP contribution in [0.15, 0.2) is 36.4 Å². The molecule has 3 rings (SSSR count). The third-order valence-electron chi connectivity index (χ3n) is 2.91. The number of rotatable bonds is 2. The van der Waals surface area contributed by atoms with E-state index < -0.39 is 5.97 Å². The van der Waals surface area contributed by atoms with Gasteiger partial charge in [-0.2, -0.15) is 5.10 Å². The quantitative estimate of drug-likeness (QED) is 0.786. The number of benzene rings is 1. The monoisotopic (exact) mass is 287 g/mol. The summed E-state index contributed by atoms with van der Waals surface area (Å²) in [5.41, 5.74) is 2.68. The van der Waals surface area contributed by atoms with Crippen molar-refractivity contribution in [3.8, 4) is 11.3 Å². The molecule has 0 radical (unpaired) electrons. The van der Waals surface area contributed by atoms with E-state index in [2.05, 4.69) is 10.1 Å². The molecule has 100 valence electrons. The molecule has 0 amide bonds. The molecule has 6 heteroatoms. The first kappa shape index (κ1) is 12.6. The van der Waals surface area contributed by atoms with Crippen molar-refractivity contribution < 1.29 is 9.90 Å². The number of nitrogens with zero attached hydrogens (tertiary/aromatic N) is 3. The van der Waals surface area contributed by atoms with Crippen molar-refractivity contribution in [2.75, 3.05) is 0 Å². The van der Waals surface area contributed by atoms with E-state index in [0.717, 1.165) is 5.56 Å². The third kappa shape index (κ3) is 2.12. The molecule has 0 aliphatic rings. The molecule has 0 saturated carbocycles. The van der Waals surface area contributed by atoms with Crippen molar-refractivity contribution in [1.29, 1.82) is 0 Å². The van der Waals surface area contributed by atoms with Crippen molar-refractivity contribution in [3.63, 3.8) is 0 Å². The number of carboxylic acid groups (broad SMARTS) is 1. The number of fused-ring (bicyclic) bond motifs is 1. The number of aromatic nitrogens is 3. The Balaban J connectivity index is 2.26. The molecule has 5 nitrogen and oxygen atoms in total. The summed E-state index contributed by atoms with van der Waals surface area (Å²) in [5, 5.41) is 14.1. The van der Waals surface area contributed by atoms with E-state index in [0.29, 0.717) is 22.1 Å². The molecule has 0 aliphatic heterocycles. The molecule has 0 fully saturated rings. The van der Waals surface area contributed by atoms with Crippen LogP contribution in [0.25, 0.3) is 16.9 Å². The lowest BCUT2D eigenvalue weighted by Crippen LogP contribution is -2.08. The maximum absolute atomic E-state index is 11.4. The lowest BCUT2D eigenvalue weighted by atomic mass is 10.1. The SMILES string of the molecule is Cc1cc2nc(-c3ccc(Cl)cc3)cc(C(=O)O)n2n1. The lowest BCUT2D eigenvalue weighted by Gasteiger charge is -2.05. The molecular formula is C14H10ClN3O2. The Bertz CT molecular complexity index is 809. The van der Waals surface area contributed by atoms with E-state index in [4.69, 9.17) is 11.6 Å². The van der Waals surface area contributed by atoms with E-state index in [-0.39, 0.29) is 5.69 Å². The van der Waals surface area contributed by atoms with Crippen LogP contribution < -0.4 is 0 Å². The third-order valence-corrected chi connectivity index (χ3v) is 3.16. The topological polar surface area (TPSA) is 67.5 Å². The Labute approximate surface area is 119 Å². The maximum atomic E-state index is 11.4. The van der Waals surface area contributed by atoms with Gasteiger partial charge in [-0.1, -0.05) is 23.7 Å². The average Bonchev–Trinajstić information content (AvgIpc) is 2.78. The molecule has 0 spiro atoms. The van der Waals surface area contributed by atoms with Gasteiger partial charge in [0, 0.05) is 16.7 Å². The van der Waals surface area contributed by atoms with Gasteiger partial charge in [-0.3, -0.25) is 0 Å². The summed E-state index contributed by atoms with van der Waals surface area (Å²) in [6, 6.07) is 10.3. The van der Waals surface area contributed by atoms with Gasteiger partial charge in [-0.05, 0) is 25.1 Å². The Kier molecular flexibility index (Phi) is 2.91. The summed E-state index contributed by atoms with van der Waals surface area (Å²) in [5.74, 6) is -1.05. The summed E-state index contributed by atoms with van der Waals surface area (Å²) in [4.78, 5) is 15.8. The molecule has 2 aromatic heterocycles. The van der Waals surface area contributed by atoms with Crippen molar-refractivity contribution in [1.82, 2.24) is 14.6 Å². The Morgan fingerprint density at radius 2 is 1.95 bits per heavy atom. The first-order valence-electron chi connectivity index (χ1n) is 5.91. The summed E-state index contributed by atoms with van der Waals surface area (Å²) in [6.45, 7) is 1.79. The minimum atomic E-state index is -1.05. The summed E-state index contributed by atoms with van der Waals surface area (Å²) < 4.78 is 1.33. The zero-order valence-electron chi connectivity index (χ0n) is 10.5. The number of carbonyl (C=O) groups is 1. The number of aryl methyl sites for hydroxylation is 1. The summed E-state index contributed by atoms with van der Waals surface area (Å²) >= 11 is 5.85. The normalized spacial score (nSPS) is 10.9. The Morgan fingerprint density at radius 1 is 1.25 bits per heavy atom. The summed E-state index contributed by atoms with van der Waals surface area (Å²) in [7, 11) is 0. The van der Waals surface area contributed by atoms with Crippen LogP contribution in [0.1, 0.15) is 16.2 Å². The van der Waals surface area contributed by atoms with Gasteiger partial charge in [0.05, 0.1) is 11.4 Å². The van der Waals surface area contributed by atoms with Gasteiger partial charge in [0.15, 0.2) is 11.3 Å². The van der Waals surface area contributed by atoms with E-state index in [1.807, 2.05) is 0 Å². The van der Waals surface area contributed by atoms with Crippen molar-refractivity contribution in [3.05, 3.63) is 52.8 Å². The van der Waals surface area contributed by atoms with Crippen LogP contribution in [0.2, 0.25) is 5.02 Å². The largest absolute Gasteiger partial charge is 0.477 e. The second-order valence-electron chi connectivity index (χ2n) is 4.39. The minimum Gasteiger partial charge on any atom is -0.477 e. The molecule has 0 unspecified atom stereocenters. The predicted octanol–water partition coefficient (Wildman–Crippen LogP) is 3.06. The van der Waals surface area contributed by atoms with Gasteiger partial charge >= 0.3 is 5.97 Å². The fourth-order valence-corrected chi connectivity index (χ4v) is 2.14. The van der Waals surface area contributed by atoms with Gasteiger partial charge in [0.1, 0.15) is 0 Å². The Morgan fingerprint density at radius 3 is 2.60 bits per heavy atom. The molecule has 0 aliphatic carbocycles. The fraction of sp³-hybridized carbons (Fsp3) is 0.0714. The fourth-order valence-electron chi connectivity index (χ4n) is 2.01. The van der Waals surface area contributed by atoms with Gasteiger partial charge in [0.2, 0.25) is 0 Å². The van der Waals surface area contributed by atoms with E-state index >= 15 is 0 Å². The zero-order chi connectivity index (χ0) is 14.3. The van der Waals surface area contributed by atoms with Crippen LogP contribution in [0.3, 0.4) is 0 Å². The molecule has 3 aromatic rings. The highest BCUT2D eigenvalue weighted by Gasteiger charge is 2.14. The number of halogens is 1. The second-order valence-corrected chi connectivity index (χ2v) is 4.83. The lowest BCUT2D eigenvalue weighted by molar-refractivity contribution is 0.0687. The zero-order valence-corrected chi connectivity index (χ0v) is 11.3. The van der Waals surface area contributed by atoms with Crippen LogP contribution in [0.5, 0.6) is 0 Å². The number of hydrogen-bond donors (Lipinski definition) is 1. The van der Waals surface area contributed by atoms with Crippen molar-refractivity contribution in [2.45, 2.75) is 6.92 Å². The summed E-state index contributed by atoms with van der Waals surface area (Å²) in [6.07, 6.45) is 0. The standard InChI is InChI=1S/C14H10ClN3O2/c1-8-6-13-16-11(9-2-4-10(15)5-3-9)7-12(14(19)20)18(13)17-8/h2-7H,1H3,(H,19,20). The van der Waals surface area contributed by atoms with Crippen LogP contribution >= 0.6 is 11.6 Å². The van der Waals surface area contributed by atoms with E-state index in [1.54, 1.807) is 37.3 Å². The van der Waals surface area contributed by atoms with Gasteiger partial charge in [-0.15, -0.1) is 0 Å². The molecule has 20 heavy (non-hydrogen) atoms. The first-order chi connectivity index (χ1) is 9.54. The average molecular weight is 288 g/mol. The molecule has 1 N–H and O–H groups in total. The van der Waals surface area contributed by atoms with Gasteiger partial charge in [0.25, 0.3) is 0 Å². The van der Waals surface area contributed by atoms with Crippen LogP contribution in [-0.4, -0.2) is 25.7 Å². The Hall–Kier alpha value is -2.40. The first-order valence-corrected chi connectivity index (χ1v) is 6.29. The van der Waals surface area contributed by atoms with E-state index in [9.17, 15) is 9.90 Å². The highest BCUT2D eigenvalue weighted by atomic mass is 35.5. The van der Waals surface area contributed by atoms with Gasteiger partial charge in [-0.25, -0.2) is 14.3 Å². The molecule has 0 bridgehead atoms. The van der Waals surface area contributed by atoms with Crippen LogP contribution in [0.4, 0.5) is 0 Å². The van der Waals surface area contributed by atoms with Crippen molar-refractivity contribution in [2.24, 2.45) is 0 Å². The number of hydrogen-bond acceptors (Lipinski definition) is 3. The van der Waals surface area contributed by atoms with Gasteiger partial charge < -0.3 is 5.11 Å². The highest BCUT2D eigenvalue weighted by Crippen LogP contribution is 2.22. The smallest absolute Gasteiger partial charge is 0.354 e. The van der Waals surface area contributed by atoms with E-state index in [1.165, 1.54) is 10.6 Å². The molecule has 0 atom stereocenters. The molecule has 0 saturated heterocycles. The van der Waals surface area contributed by atoms with Crippen LogP contribution in [0, 0.1) is 6.92 Å². The predicted molar refractivity (Wildman–Crippen MR) is 75.1 cm³/mol. The minimum absolute atomic E-state index is 0.0769. The number of aromatic carboxylic acids is 1. The maximum Gasteiger partial charge on any atom is 0.354 e. The van der Waals surface area contributed by atoms with Crippen LogP contribution in [-0.2, 0) is 0 Å². The molecular weight excluding hydrogens is 278 g/mol. The number of carboxylic acids is 1.